The number of aromatic nitrogens is 3. The highest BCUT2D eigenvalue weighted by molar-refractivity contribution is 6.32. The summed E-state index contributed by atoms with van der Waals surface area (Å²) in [5, 5.41) is 9.97. The maximum absolute atomic E-state index is 13.5. The number of carbonyl (C=O) groups excluding carboxylic acids is 1. The number of carbonyl (C=O) groups is 1. The lowest BCUT2D eigenvalue weighted by Crippen LogP contribution is -2.20. The highest BCUT2D eigenvalue weighted by Gasteiger charge is 2.16. The van der Waals surface area contributed by atoms with Gasteiger partial charge in [-0.05, 0) is 65.9 Å². The summed E-state index contributed by atoms with van der Waals surface area (Å²) in [6, 6.07) is 23.8. The van der Waals surface area contributed by atoms with Crippen LogP contribution in [0.1, 0.15) is 38.2 Å². The first-order chi connectivity index (χ1) is 23.3. The second kappa shape index (κ2) is 13.8. The van der Waals surface area contributed by atoms with Crippen LogP contribution in [0.5, 0.6) is 17.2 Å². The van der Waals surface area contributed by atoms with Crippen LogP contribution in [-0.2, 0) is 13.2 Å². The van der Waals surface area contributed by atoms with Gasteiger partial charge in [-0.2, -0.15) is 5.26 Å². The molecule has 0 spiro atoms. The average molecular weight is 657 g/mol. The van der Waals surface area contributed by atoms with Crippen molar-refractivity contribution in [2.45, 2.75) is 27.1 Å². The summed E-state index contributed by atoms with van der Waals surface area (Å²) in [6.45, 7) is 4.41. The van der Waals surface area contributed by atoms with Crippen LogP contribution < -0.4 is 19.8 Å². The Morgan fingerprint density at radius 3 is 2.44 bits per heavy atom. The normalized spacial score (nSPS) is 10.8. The summed E-state index contributed by atoms with van der Waals surface area (Å²) in [5.41, 5.74) is 7.41. The predicted molar refractivity (Wildman–Crippen MR) is 183 cm³/mol. The summed E-state index contributed by atoms with van der Waals surface area (Å²) in [5.74, 6) is 1.29. The number of hydrogen-bond acceptors (Lipinski definition) is 8. The highest BCUT2D eigenvalue weighted by atomic mass is 35.5. The summed E-state index contributed by atoms with van der Waals surface area (Å²) >= 11 is 6.58. The van der Waals surface area contributed by atoms with Crippen molar-refractivity contribution < 1.29 is 19.0 Å². The molecule has 0 radical (unpaired) electrons. The molecule has 6 aromatic rings. The van der Waals surface area contributed by atoms with E-state index < -0.39 is 0 Å². The number of methoxy groups -OCH3 is 1. The zero-order valence-electron chi connectivity index (χ0n) is 26.4. The molecule has 0 saturated carbocycles. The lowest BCUT2D eigenvalue weighted by atomic mass is 9.93. The van der Waals surface area contributed by atoms with Crippen LogP contribution >= 0.6 is 11.6 Å². The number of benzene rings is 4. The molecule has 0 atom stereocenters. The molecule has 48 heavy (non-hydrogen) atoms. The molecule has 0 fully saturated rings. The van der Waals surface area contributed by atoms with Gasteiger partial charge in [0.25, 0.3) is 5.56 Å². The first-order valence-electron chi connectivity index (χ1n) is 14.9. The third kappa shape index (κ3) is 6.34. The minimum absolute atomic E-state index is 0.169. The van der Waals surface area contributed by atoms with E-state index in [1.807, 2.05) is 50.2 Å². The maximum Gasteiger partial charge on any atom is 0.265 e. The Kier molecular flexibility index (Phi) is 9.19. The van der Waals surface area contributed by atoms with Crippen molar-refractivity contribution in [1.82, 2.24) is 14.5 Å². The van der Waals surface area contributed by atoms with E-state index in [2.05, 4.69) is 16.0 Å². The van der Waals surface area contributed by atoms with E-state index in [-0.39, 0.29) is 18.8 Å². The minimum atomic E-state index is -0.219. The number of hydrogen-bond donors (Lipinski definition) is 0. The molecule has 0 N–H and O–H groups in total. The van der Waals surface area contributed by atoms with E-state index in [9.17, 15) is 14.9 Å². The first kappa shape index (κ1) is 32.0. The van der Waals surface area contributed by atoms with E-state index in [1.54, 1.807) is 42.6 Å². The Hall–Kier alpha value is -5.98. The van der Waals surface area contributed by atoms with Crippen molar-refractivity contribution >= 4 is 28.8 Å². The maximum atomic E-state index is 13.5. The Morgan fingerprint density at radius 2 is 1.67 bits per heavy atom. The number of pyridine rings is 1. The minimum Gasteiger partial charge on any atom is -0.493 e. The molecule has 4 aromatic carbocycles. The molecule has 0 saturated heterocycles. The molecule has 238 valence electrons. The molecule has 0 bridgehead atoms. The van der Waals surface area contributed by atoms with Crippen molar-refractivity contribution in [3.05, 3.63) is 140 Å². The Labute approximate surface area is 281 Å². The van der Waals surface area contributed by atoms with Crippen LogP contribution in [0.25, 0.3) is 27.7 Å². The van der Waals surface area contributed by atoms with Crippen molar-refractivity contribution in [3.63, 3.8) is 0 Å². The van der Waals surface area contributed by atoms with Crippen molar-refractivity contribution in [2.24, 2.45) is 0 Å². The molecule has 10 heteroatoms. The Bertz CT molecular complexity index is 2290. The van der Waals surface area contributed by atoms with Gasteiger partial charge in [0.15, 0.2) is 11.5 Å². The fourth-order valence-electron chi connectivity index (χ4n) is 5.53. The quantitative estimate of drug-likeness (QED) is 0.139. The zero-order valence-corrected chi connectivity index (χ0v) is 27.1. The zero-order chi connectivity index (χ0) is 33.8. The van der Waals surface area contributed by atoms with Crippen LogP contribution in [0.2, 0.25) is 5.02 Å². The van der Waals surface area contributed by atoms with Crippen LogP contribution in [0.4, 0.5) is 0 Å². The molecular formula is C38H29ClN4O5. The molecule has 0 amide bonds. The third-order valence-electron chi connectivity index (χ3n) is 8.14. The third-order valence-corrected chi connectivity index (χ3v) is 8.44. The Balaban J connectivity index is 1.27. The summed E-state index contributed by atoms with van der Waals surface area (Å²) in [7, 11) is 1.53. The molecule has 2 heterocycles. The van der Waals surface area contributed by atoms with Gasteiger partial charge in [0.1, 0.15) is 37.6 Å². The lowest BCUT2D eigenvalue weighted by Gasteiger charge is -2.18. The number of rotatable bonds is 10. The van der Waals surface area contributed by atoms with Gasteiger partial charge >= 0.3 is 0 Å². The van der Waals surface area contributed by atoms with Gasteiger partial charge in [-0.3, -0.25) is 19.1 Å². The van der Waals surface area contributed by atoms with Gasteiger partial charge in [-0.25, -0.2) is 4.98 Å². The second-order valence-electron chi connectivity index (χ2n) is 11.1. The lowest BCUT2D eigenvalue weighted by molar-refractivity contribution is 0.112. The molecule has 2 aromatic heterocycles. The SMILES string of the molecule is COc1cc(Cl)c(OCc2cccc(-c3cccc(-n4cnc5cc(C=O)ccc5c4=O)c3C)c2C)cc1OCc1cncc(C#N)c1. The predicted octanol–water partition coefficient (Wildman–Crippen LogP) is 7.57. The van der Waals surface area contributed by atoms with Gasteiger partial charge in [0, 0.05) is 35.7 Å². The van der Waals surface area contributed by atoms with Crippen molar-refractivity contribution in [1.29, 1.82) is 5.26 Å². The first-order valence-corrected chi connectivity index (χ1v) is 15.3. The number of aldehydes is 1. The fourth-order valence-corrected chi connectivity index (χ4v) is 5.74. The van der Waals surface area contributed by atoms with Gasteiger partial charge in [0.2, 0.25) is 0 Å². The van der Waals surface area contributed by atoms with Gasteiger partial charge in [-0.15, -0.1) is 0 Å². The molecular weight excluding hydrogens is 628 g/mol. The average Bonchev–Trinajstić information content (AvgIpc) is 3.11. The highest BCUT2D eigenvalue weighted by Crippen LogP contribution is 2.39. The molecule has 0 unspecified atom stereocenters. The van der Waals surface area contributed by atoms with Crippen LogP contribution in [0, 0.1) is 25.2 Å². The van der Waals surface area contributed by atoms with Gasteiger partial charge < -0.3 is 14.2 Å². The van der Waals surface area contributed by atoms with E-state index >= 15 is 0 Å². The molecule has 6 rings (SSSR count). The van der Waals surface area contributed by atoms with Crippen LogP contribution in [0.3, 0.4) is 0 Å². The van der Waals surface area contributed by atoms with E-state index in [4.69, 9.17) is 25.8 Å². The number of nitrogens with zero attached hydrogens (tertiary/aromatic N) is 4. The number of fused-ring (bicyclic) bond motifs is 1. The van der Waals surface area contributed by atoms with Gasteiger partial charge in [0.05, 0.1) is 34.3 Å². The summed E-state index contributed by atoms with van der Waals surface area (Å²) in [6.07, 6.45) is 5.36. The van der Waals surface area contributed by atoms with E-state index in [0.717, 1.165) is 39.7 Å². The van der Waals surface area contributed by atoms with Crippen LogP contribution in [0.15, 0.2) is 96.3 Å². The van der Waals surface area contributed by atoms with Crippen LogP contribution in [-0.4, -0.2) is 27.9 Å². The van der Waals surface area contributed by atoms with E-state index in [0.29, 0.717) is 50.0 Å². The topological polar surface area (TPSA) is 116 Å². The largest absolute Gasteiger partial charge is 0.493 e. The number of ether oxygens (including phenoxy) is 3. The van der Waals surface area contributed by atoms with Crippen molar-refractivity contribution in [3.8, 4) is 40.1 Å². The van der Waals surface area contributed by atoms with E-state index in [1.165, 1.54) is 24.2 Å². The Morgan fingerprint density at radius 1 is 0.896 bits per heavy atom. The second-order valence-corrected chi connectivity index (χ2v) is 11.5. The van der Waals surface area contributed by atoms with Gasteiger partial charge in [-0.1, -0.05) is 48.0 Å². The summed E-state index contributed by atoms with van der Waals surface area (Å²) < 4.78 is 19.2. The molecule has 0 aliphatic carbocycles. The smallest absolute Gasteiger partial charge is 0.265 e. The molecule has 0 aliphatic heterocycles. The monoisotopic (exact) mass is 656 g/mol. The fraction of sp³-hybridized carbons (Fsp3) is 0.132. The standard InChI is InChI=1S/C38H29ClN4O5/c1-23-28(21-48-35-15-37(36(46-3)14-32(35)39)47-20-27-12-26(16-40)17-41-18-27)6-4-7-29(23)30-8-5-9-34(24(30)2)43-22-42-33-13-25(19-44)10-11-31(33)38(43)45/h4-15,17-19,22H,20-21H2,1-3H3. The van der Waals surface area contributed by atoms with Crippen molar-refractivity contribution in [2.75, 3.05) is 7.11 Å². The number of nitriles is 1. The summed E-state index contributed by atoms with van der Waals surface area (Å²) in [4.78, 5) is 33.2. The number of halogens is 1. The molecule has 9 nitrogen and oxygen atoms in total. The molecule has 0 aliphatic rings.